The predicted molar refractivity (Wildman–Crippen MR) is 69.1 cm³/mol. The molecule has 1 aromatic carbocycles. The number of carbonyl (C=O) groups excluding carboxylic acids is 1. The molecule has 0 heterocycles. The third-order valence-electron chi connectivity index (χ3n) is 2.52. The molecule has 0 aliphatic heterocycles. The van der Waals surface area contributed by atoms with Gasteiger partial charge < -0.3 is 10.4 Å². The van der Waals surface area contributed by atoms with Gasteiger partial charge in [0.05, 0.1) is 12.5 Å². The lowest BCUT2D eigenvalue weighted by Crippen LogP contribution is -2.28. The van der Waals surface area contributed by atoms with Crippen LogP contribution in [-0.4, -0.2) is 23.7 Å². The van der Waals surface area contributed by atoms with Crippen LogP contribution < -0.4 is 5.32 Å². The molecule has 3 nitrogen and oxygen atoms in total. The Morgan fingerprint density at radius 2 is 2.29 bits per heavy atom. The van der Waals surface area contributed by atoms with Gasteiger partial charge in [-0.15, -0.1) is 0 Å². The molecule has 0 fully saturated rings. The van der Waals surface area contributed by atoms with Gasteiger partial charge in [-0.2, -0.15) is 0 Å². The minimum absolute atomic E-state index is 0.0458. The highest BCUT2D eigenvalue weighted by atomic mass is 35.5. The molecule has 0 bridgehead atoms. The normalized spacial score (nSPS) is 12.2. The van der Waals surface area contributed by atoms with E-state index >= 15 is 0 Å². The lowest BCUT2D eigenvalue weighted by Gasteiger charge is -2.08. The van der Waals surface area contributed by atoms with E-state index < -0.39 is 0 Å². The third kappa shape index (κ3) is 5.71. The molecule has 2 N–H and O–H groups in total. The zero-order valence-electron chi connectivity index (χ0n) is 9.95. The van der Waals surface area contributed by atoms with Crippen LogP contribution in [0.15, 0.2) is 24.3 Å². The summed E-state index contributed by atoms with van der Waals surface area (Å²) in [5.41, 5.74) is 0.894. The number of carbonyl (C=O) groups is 1. The number of hydrogen-bond acceptors (Lipinski definition) is 2. The maximum absolute atomic E-state index is 11.6. The van der Waals surface area contributed by atoms with E-state index in [0.29, 0.717) is 30.8 Å². The fourth-order valence-electron chi connectivity index (χ4n) is 1.48. The van der Waals surface area contributed by atoms with E-state index in [1.807, 2.05) is 19.1 Å². The minimum Gasteiger partial charge on any atom is -0.393 e. The molecule has 94 valence electrons. The first-order valence-corrected chi connectivity index (χ1v) is 6.18. The molecule has 0 spiro atoms. The first-order valence-electron chi connectivity index (χ1n) is 5.81. The van der Waals surface area contributed by atoms with Gasteiger partial charge in [-0.05, 0) is 30.5 Å². The van der Waals surface area contributed by atoms with Crippen molar-refractivity contribution in [3.8, 4) is 0 Å². The minimum atomic E-state index is -0.332. The summed E-state index contributed by atoms with van der Waals surface area (Å²) in [6, 6.07) is 7.25. The van der Waals surface area contributed by atoms with Gasteiger partial charge in [-0.1, -0.05) is 30.7 Å². The smallest absolute Gasteiger partial charge is 0.224 e. The largest absolute Gasteiger partial charge is 0.393 e. The maximum Gasteiger partial charge on any atom is 0.224 e. The van der Waals surface area contributed by atoms with Gasteiger partial charge in [0.25, 0.3) is 0 Å². The summed E-state index contributed by atoms with van der Waals surface area (Å²) >= 11 is 5.83. The Morgan fingerprint density at radius 1 is 1.53 bits per heavy atom. The first kappa shape index (κ1) is 14.0. The number of rotatable bonds is 6. The van der Waals surface area contributed by atoms with Crippen molar-refractivity contribution in [3.63, 3.8) is 0 Å². The van der Waals surface area contributed by atoms with E-state index in [9.17, 15) is 9.90 Å². The maximum atomic E-state index is 11.6. The summed E-state index contributed by atoms with van der Waals surface area (Å²) in [5, 5.41) is 12.7. The highest BCUT2D eigenvalue weighted by Crippen LogP contribution is 2.10. The highest BCUT2D eigenvalue weighted by Gasteiger charge is 2.05. The van der Waals surface area contributed by atoms with E-state index in [1.54, 1.807) is 12.1 Å². The Hall–Kier alpha value is -1.06. The van der Waals surface area contributed by atoms with Crippen molar-refractivity contribution in [1.29, 1.82) is 0 Å². The van der Waals surface area contributed by atoms with Gasteiger partial charge in [0, 0.05) is 11.6 Å². The number of amides is 1. The Morgan fingerprint density at radius 3 is 2.94 bits per heavy atom. The summed E-state index contributed by atoms with van der Waals surface area (Å²) in [6.07, 6.45) is 1.30. The first-order chi connectivity index (χ1) is 8.11. The molecular weight excluding hydrogens is 238 g/mol. The fourth-order valence-corrected chi connectivity index (χ4v) is 1.69. The van der Waals surface area contributed by atoms with E-state index in [-0.39, 0.29) is 12.0 Å². The molecule has 0 aromatic heterocycles. The lowest BCUT2D eigenvalue weighted by atomic mass is 10.1. The number of benzene rings is 1. The predicted octanol–water partition coefficient (Wildman–Crippen LogP) is 2.16. The second-order valence-corrected chi connectivity index (χ2v) is 4.44. The van der Waals surface area contributed by atoms with Crippen LogP contribution in [0.5, 0.6) is 0 Å². The van der Waals surface area contributed by atoms with E-state index in [1.165, 1.54) is 0 Å². The second-order valence-electron chi connectivity index (χ2n) is 4.01. The Labute approximate surface area is 107 Å². The molecule has 1 rings (SSSR count). The number of aliphatic hydroxyl groups is 1. The van der Waals surface area contributed by atoms with Gasteiger partial charge in [-0.25, -0.2) is 0 Å². The van der Waals surface area contributed by atoms with Gasteiger partial charge in [-0.3, -0.25) is 4.79 Å². The van der Waals surface area contributed by atoms with Crippen molar-refractivity contribution in [2.45, 2.75) is 32.3 Å². The standard InChI is InChI=1S/C13H18ClNO2/c1-2-12(16)6-7-15-13(17)9-10-4-3-5-11(14)8-10/h3-5,8,12,16H,2,6-7,9H2,1H3,(H,15,17). The van der Waals surface area contributed by atoms with Crippen molar-refractivity contribution in [2.75, 3.05) is 6.54 Å². The van der Waals surface area contributed by atoms with Crippen LogP contribution >= 0.6 is 11.6 Å². The van der Waals surface area contributed by atoms with Crippen LogP contribution in [0.3, 0.4) is 0 Å². The van der Waals surface area contributed by atoms with E-state index in [2.05, 4.69) is 5.32 Å². The van der Waals surface area contributed by atoms with Crippen molar-refractivity contribution < 1.29 is 9.90 Å². The number of hydrogen-bond donors (Lipinski definition) is 2. The van der Waals surface area contributed by atoms with Crippen molar-refractivity contribution in [3.05, 3.63) is 34.9 Å². The Balaban J connectivity index is 2.30. The van der Waals surface area contributed by atoms with Gasteiger partial charge in [0.1, 0.15) is 0 Å². The van der Waals surface area contributed by atoms with Crippen LogP contribution in [0.2, 0.25) is 5.02 Å². The van der Waals surface area contributed by atoms with Crippen LogP contribution in [0.4, 0.5) is 0 Å². The Kier molecular flexibility index (Phi) is 6.01. The fraction of sp³-hybridized carbons (Fsp3) is 0.462. The zero-order valence-corrected chi connectivity index (χ0v) is 10.7. The molecular formula is C13H18ClNO2. The topological polar surface area (TPSA) is 49.3 Å². The summed E-state index contributed by atoms with van der Waals surface area (Å²) in [6.45, 7) is 2.42. The van der Waals surface area contributed by atoms with E-state index in [4.69, 9.17) is 11.6 Å². The van der Waals surface area contributed by atoms with Crippen molar-refractivity contribution in [1.82, 2.24) is 5.32 Å². The molecule has 4 heteroatoms. The molecule has 0 aliphatic rings. The average Bonchev–Trinajstić information content (AvgIpc) is 2.28. The van der Waals surface area contributed by atoms with E-state index in [0.717, 1.165) is 5.56 Å². The monoisotopic (exact) mass is 255 g/mol. The molecule has 17 heavy (non-hydrogen) atoms. The Bertz CT molecular complexity index is 368. The summed E-state index contributed by atoms with van der Waals surface area (Å²) in [4.78, 5) is 11.6. The molecule has 0 saturated heterocycles. The molecule has 0 radical (unpaired) electrons. The van der Waals surface area contributed by atoms with Crippen LogP contribution in [-0.2, 0) is 11.2 Å². The number of nitrogens with one attached hydrogen (secondary N) is 1. The van der Waals surface area contributed by atoms with Gasteiger partial charge in [0.2, 0.25) is 5.91 Å². The molecule has 1 unspecified atom stereocenters. The van der Waals surface area contributed by atoms with Crippen LogP contribution in [0, 0.1) is 0 Å². The quantitative estimate of drug-likeness (QED) is 0.819. The van der Waals surface area contributed by atoms with Gasteiger partial charge in [0.15, 0.2) is 0 Å². The van der Waals surface area contributed by atoms with Gasteiger partial charge >= 0.3 is 0 Å². The molecule has 0 aliphatic carbocycles. The summed E-state index contributed by atoms with van der Waals surface area (Å²) in [5.74, 6) is -0.0458. The molecule has 0 saturated carbocycles. The van der Waals surface area contributed by atoms with Crippen LogP contribution in [0.25, 0.3) is 0 Å². The lowest BCUT2D eigenvalue weighted by molar-refractivity contribution is -0.120. The zero-order chi connectivity index (χ0) is 12.7. The molecule has 1 aromatic rings. The third-order valence-corrected chi connectivity index (χ3v) is 2.76. The SMILES string of the molecule is CCC(O)CCNC(=O)Cc1cccc(Cl)c1. The van der Waals surface area contributed by atoms with Crippen molar-refractivity contribution in [2.24, 2.45) is 0 Å². The number of aliphatic hydroxyl groups excluding tert-OH is 1. The summed E-state index contributed by atoms with van der Waals surface area (Å²) in [7, 11) is 0. The number of halogens is 1. The highest BCUT2D eigenvalue weighted by molar-refractivity contribution is 6.30. The molecule has 1 atom stereocenters. The summed E-state index contributed by atoms with van der Waals surface area (Å²) < 4.78 is 0. The van der Waals surface area contributed by atoms with Crippen LogP contribution in [0.1, 0.15) is 25.3 Å². The van der Waals surface area contributed by atoms with Crippen molar-refractivity contribution >= 4 is 17.5 Å². The second kappa shape index (κ2) is 7.30. The average molecular weight is 256 g/mol. The molecule has 1 amide bonds.